The first-order valence-corrected chi connectivity index (χ1v) is 9.34. The van der Waals surface area contributed by atoms with Crippen LogP contribution in [0.3, 0.4) is 0 Å². The second-order valence-electron chi connectivity index (χ2n) is 6.17. The van der Waals surface area contributed by atoms with Gasteiger partial charge in [-0.25, -0.2) is 0 Å². The highest BCUT2D eigenvalue weighted by atomic mass is 35.5. The number of nitrogens with one attached hydrogen (secondary N) is 2. The Morgan fingerprint density at radius 3 is 2.84 bits per heavy atom. The molecule has 25 heavy (non-hydrogen) atoms. The summed E-state index contributed by atoms with van der Waals surface area (Å²) in [5.41, 5.74) is 0.616. The fourth-order valence-corrected chi connectivity index (χ4v) is 3.21. The Kier molecular flexibility index (Phi) is 7.65. The molecule has 1 fully saturated rings. The number of hydrogen-bond donors (Lipinski definition) is 2. The maximum Gasteiger partial charge on any atom is 0.309 e. The number of para-hydroxylation sites is 1. The first kappa shape index (κ1) is 19.7. The van der Waals surface area contributed by atoms with Crippen molar-refractivity contribution in [1.29, 1.82) is 0 Å². The molecule has 1 heterocycles. The Morgan fingerprint density at radius 1 is 1.36 bits per heavy atom. The standard InChI is InChI=1S/C18H23ClN2O3S/c1-2-3-4-7-13-10-12(17(23)24-13)11-16(22)21-18(25)20-15-9-6-5-8-14(15)19/h5-6,8-9,12-13H,2-4,7,10-11H2,1H3,(H2,20,21,22,25)/t12-,13-/m1/s1. The number of benzene rings is 1. The summed E-state index contributed by atoms with van der Waals surface area (Å²) in [5, 5.41) is 6.12. The minimum Gasteiger partial charge on any atom is -0.462 e. The number of esters is 1. The summed E-state index contributed by atoms with van der Waals surface area (Å²) >= 11 is 11.2. The lowest BCUT2D eigenvalue weighted by Gasteiger charge is -2.11. The number of ether oxygens (including phenoxy) is 1. The third-order valence-corrected chi connectivity index (χ3v) is 4.63. The number of thiocarbonyl (C=S) groups is 1. The molecule has 1 saturated heterocycles. The van der Waals surface area contributed by atoms with Gasteiger partial charge in [0.05, 0.1) is 16.6 Å². The van der Waals surface area contributed by atoms with E-state index in [1.807, 2.05) is 6.07 Å². The van der Waals surface area contributed by atoms with Gasteiger partial charge >= 0.3 is 5.97 Å². The van der Waals surface area contributed by atoms with Gasteiger partial charge < -0.3 is 15.4 Å². The number of hydrogen-bond acceptors (Lipinski definition) is 4. The molecule has 136 valence electrons. The predicted molar refractivity (Wildman–Crippen MR) is 103 cm³/mol. The summed E-state index contributed by atoms with van der Waals surface area (Å²) in [7, 11) is 0. The summed E-state index contributed by atoms with van der Waals surface area (Å²) in [5.74, 6) is -0.989. The van der Waals surface area contributed by atoms with E-state index in [2.05, 4.69) is 17.6 Å². The molecule has 0 aliphatic carbocycles. The average molecular weight is 383 g/mol. The molecule has 2 atom stereocenters. The number of halogens is 1. The first-order valence-electron chi connectivity index (χ1n) is 8.55. The molecule has 2 rings (SSSR count). The van der Waals surface area contributed by atoms with Crippen molar-refractivity contribution in [3.05, 3.63) is 29.3 Å². The second kappa shape index (κ2) is 9.73. The fraction of sp³-hybridized carbons (Fsp3) is 0.500. The van der Waals surface area contributed by atoms with Crippen LogP contribution in [0.4, 0.5) is 5.69 Å². The van der Waals surface area contributed by atoms with Gasteiger partial charge in [0.15, 0.2) is 5.11 Å². The topological polar surface area (TPSA) is 67.4 Å². The average Bonchev–Trinajstić information content (AvgIpc) is 2.89. The Bertz CT molecular complexity index is 639. The van der Waals surface area contributed by atoms with E-state index in [1.54, 1.807) is 18.2 Å². The van der Waals surface area contributed by atoms with Crippen LogP contribution in [0.2, 0.25) is 5.02 Å². The maximum atomic E-state index is 12.1. The Morgan fingerprint density at radius 2 is 2.12 bits per heavy atom. The number of cyclic esters (lactones) is 1. The Balaban J connectivity index is 1.77. The van der Waals surface area contributed by atoms with Crippen molar-refractivity contribution in [3.8, 4) is 0 Å². The molecule has 1 aromatic carbocycles. The number of rotatable bonds is 7. The van der Waals surface area contributed by atoms with Crippen molar-refractivity contribution < 1.29 is 14.3 Å². The minimum absolute atomic E-state index is 0.0648. The highest BCUT2D eigenvalue weighted by Gasteiger charge is 2.35. The van der Waals surface area contributed by atoms with E-state index < -0.39 is 5.92 Å². The first-order chi connectivity index (χ1) is 12.0. The molecule has 0 radical (unpaired) electrons. The van der Waals surface area contributed by atoms with Gasteiger partial charge in [0.1, 0.15) is 6.10 Å². The van der Waals surface area contributed by atoms with Crippen LogP contribution in [-0.2, 0) is 14.3 Å². The zero-order valence-corrected chi connectivity index (χ0v) is 15.8. The van der Waals surface area contributed by atoms with Crippen LogP contribution < -0.4 is 10.6 Å². The summed E-state index contributed by atoms with van der Waals surface area (Å²) in [4.78, 5) is 24.0. The highest BCUT2D eigenvalue weighted by molar-refractivity contribution is 7.80. The van der Waals surface area contributed by atoms with Crippen molar-refractivity contribution in [3.63, 3.8) is 0 Å². The summed E-state index contributed by atoms with van der Waals surface area (Å²) in [6.45, 7) is 2.13. The number of carbonyl (C=O) groups excluding carboxylic acids is 2. The van der Waals surface area contributed by atoms with Crippen LogP contribution in [0, 0.1) is 5.92 Å². The molecule has 0 aromatic heterocycles. The van der Waals surface area contributed by atoms with Gasteiger partial charge in [0.2, 0.25) is 5.91 Å². The van der Waals surface area contributed by atoms with E-state index in [9.17, 15) is 9.59 Å². The van der Waals surface area contributed by atoms with Gasteiger partial charge in [0.25, 0.3) is 0 Å². The number of anilines is 1. The van der Waals surface area contributed by atoms with Gasteiger partial charge in [-0.05, 0) is 43.6 Å². The Labute approximate surface area is 158 Å². The predicted octanol–water partition coefficient (Wildman–Crippen LogP) is 4.06. The van der Waals surface area contributed by atoms with E-state index >= 15 is 0 Å². The van der Waals surface area contributed by atoms with Crippen LogP contribution in [0.5, 0.6) is 0 Å². The third-order valence-electron chi connectivity index (χ3n) is 4.10. The molecule has 5 nitrogen and oxygen atoms in total. The normalized spacial score (nSPS) is 19.4. The molecule has 0 spiro atoms. The minimum atomic E-state index is -0.394. The third kappa shape index (κ3) is 6.29. The molecule has 0 unspecified atom stereocenters. The van der Waals surface area contributed by atoms with Gasteiger partial charge in [-0.15, -0.1) is 0 Å². The van der Waals surface area contributed by atoms with Crippen LogP contribution in [0.15, 0.2) is 24.3 Å². The fourth-order valence-electron chi connectivity index (χ4n) is 2.81. The van der Waals surface area contributed by atoms with Crippen molar-refractivity contribution in [2.45, 2.75) is 51.6 Å². The van der Waals surface area contributed by atoms with E-state index in [4.69, 9.17) is 28.6 Å². The van der Waals surface area contributed by atoms with E-state index in [0.29, 0.717) is 17.1 Å². The molecule has 7 heteroatoms. The van der Waals surface area contributed by atoms with Crippen LogP contribution >= 0.6 is 23.8 Å². The molecule has 1 aliphatic heterocycles. The lowest BCUT2D eigenvalue weighted by Crippen LogP contribution is -2.35. The number of amides is 1. The molecule has 1 aromatic rings. The van der Waals surface area contributed by atoms with Gasteiger partial charge in [0, 0.05) is 6.42 Å². The van der Waals surface area contributed by atoms with Crippen molar-refractivity contribution in [2.24, 2.45) is 5.92 Å². The van der Waals surface area contributed by atoms with Gasteiger partial charge in [-0.2, -0.15) is 0 Å². The second-order valence-corrected chi connectivity index (χ2v) is 6.99. The van der Waals surface area contributed by atoms with Crippen LogP contribution in [0.25, 0.3) is 0 Å². The summed E-state index contributed by atoms with van der Waals surface area (Å²) in [6, 6.07) is 7.10. The van der Waals surface area contributed by atoms with Gasteiger partial charge in [-0.3, -0.25) is 9.59 Å². The Hall–Kier alpha value is -1.66. The number of unbranched alkanes of at least 4 members (excludes halogenated alkanes) is 2. The molecular weight excluding hydrogens is 360 g/mol. The largest absolute Gasteiger partial charge is 0.462 e. The number of carbonyl (C=O) groups is 2. The maximum absolute atomic E-state index is 12.1. The van der Waals surface area contributed by atoms with Crippen LogP contribution in [-0.4, -0.2) is 23.1 Å². The lowest BCUT2D eigenvalue weighted by atomic mass is 9.98. The summed E-state index contributed by atoms with van der Waals surface area (Å²) < 4.78 is 5.35. The van der Waals surface area contributed by atoms with Crippen molar-refractivity contribution in [2.75, 3.05) is 5.32 Å². The van der Waals surface area contributed by atoms with Crippen molar-refractivity contribution in [1.82, 2.24) is 5.32 Å². The quantitative estimate of drug-likeness (QED) is 0.423. The van der Waals surface area contributed by atoms with E-state index in [1.165, 1.54) is 0 Å². The molecule has 0 bridgehead atoms. The smallest absolute Gasteiger partial charge is 0.309 e. The van der Waals surface area contributed by atoms with Crippen LogP contribution in [0.1, 0.15) is 45.4 Å². The zero-order chi connectivity index (χ0) is 18.2. The van der Waals surface area contributed by atoms with E-state index in [-0.39, 0.29) is 29.5 Å². The van der Waals surface area contributed by atoms with Gasteiger partial charge in [-0.1, -0.05) is 43.5 Å². The van der Waals surface area contributed by atoms with E-state index in [0.717, 1.165) is 25.7 Å². The zero-order valence-electron chi connectivity index (χ0n) is 14.2. The molecule has 2 N–H and O–H groups in total. The monoisotopic (exact) mass is 382 g/mol. The lowest BCUT2D eigenvalue weighted by molar-refractivity contribution is -0.145. The molecule has 0 saturated carbocycles. The highest BCUT2D eigenvalue weighted by Crippen LogP contribution is 2.27. The SMILES string of the molecule is CCCCC[C@@H]1C[C@H](CC(=O)NC(=S)Nc2ccccc2Cl)C(=O)O1. The summed E-state index contributed by atoms with van der Waals surface area (Å²) in [6.07, 6.45) is 4.77. The van der Waals surface area contributed by atoms with Crippen molar-refractivity contribution >= 4 is 46.5 Å². The molecule has 1 aliphatic rings. The molecule has 1 amide bonds. The molecular formula is C18H23ClN2O3S.